The number of ether oxygens (including phenoxy) is 1. The SMILES string of the molecule is COc1ccc(-c2ccc(O)c(C=NN=C3NC(=O)CS3)c2)cc1. The molecule has 1 amide bonds. The molecule has 2 aromatic rings. The molecule has 3 rings (SSSR count). The van der Waals surface area contributed by atoms with E-state index >= 15 is 0 Å². The Hall–Kier alpha value is -2.80. The molecule has 1 saturated heterocycles. The van der Waals surface area contributed by atoms with Crippen LogP contribution in [0, 0.1) is 0 Å². The number of hydrogen-bond donors (Lipinski definition) is 2. The van der Waals surface area contributed by atoms with E-state index in [9.17, 15) is 9.90 Å². The zero-order chi connectivity index (χ0) is 16.9. The number of aromatic hydroxyl groups is 1. The van der Waals surface area contributed by atoms with Crippen LogP contribution in [0.15, 0.2) is 52.7 Å². The normalized spacial score (nSPS) is 15.9. The van der Waals surface area contributed by atoms with Crippen LogP contribution in [0.25, 0.3) is 11.1 Å². The third-order valence-electron chi connectivity index (χ3n) is 3.38. The molecule has 24 heavy (non-hydrogen) atoms. The van der Waals surface area contributed by atoms with Crippen LogP contribution in [0.4, 0.5) is 0 Å². The maximum atomic E-state index is 11.1. The first kappa shape index (κ1) is 16.1. The van der Waals surface area contributed by atoms with Gasteiger partial charge in [-0.15, -0.1) is 5.10 Å². The second kappa shape index (κ2) is 7.18. The standard InChI is InChI=1S/C17H15N3O3S/c1-23-14-5-2-11(3-6-14)12-4-7-15(21)13(8-12)9-18-20-17-19-16(22)10-24-17/h2-9,21H,10H2,1H3,(H,19,20,22). The summed E-state index contributed by atoms with van der Waals surface area (Å²) in [7, 11) is 1.62. The maximum Gasteiger partial charge on any atom is 0.236 e. The fourth-order valence-corrected chi connectivity index (χ4v) is 2.77. The van der Waals surface area contributed by atoms with E-state index in [0.29, 0.717) is 16.5 Å². The van der Waals surface area contributed by atoms with Gasteiger partial charge in [0.15, 0.2) is 5.17 Å². The van der Waals surface area contributed by atoms with E-state index in [1.807, 2.05) is 36.4 Å². The molecule has 2 N–H and O–H groups in total. The summed E-state index contributed by atoms with van der Waals surface area (Å²) in [5, 5.41) is 20.9. The molecule has 0 aromatic heterocycles. The molecule has 0 aliphatic carbocycles. The summed E-state index contributed by atoms with van der Waals surface area (Å²) in [4.78, 5) is 11.1. The van der Waals surface area contributed by atoms with Crippen LogP contribution in [0.3, 0.4) is 0 Å². The van der Waals surface area contributed by atoms with Crippen molar-refractivity contribution in [2.75, 3.05) is 12.9 Å². The van der Waals surface area contributed by atoms with Crippen molar-refractivity contribution in [2.24, 2.45) is 10.2 Å². The van der Waals surface area contributed by atoms with Crippen molar-refractivity contribution in [1.82, 2.24) is 5.32 Å². The molecule has 0 radical (unpaired) electrons. The Morgan fingerprint density at radius 3 is 2.62 bits per heavy atom. The molecule has 0 unspecified atom stereocenters. The van der Waals surface area contributed by atoms with Gasteiger partial charge in [-0.2, -0.15) is 5.10 Å². The van der Waals surface area contributed by atoms with Gasteiger partial charge in [0, 0.05) is 5.56 Å². The maximum absolute atomic E-state index is 11.1. The predicted molar refractivity (Wildman–Crippen MR) is 95.7 cm³/mol. The van der Waals surface area contributed by atoms with E-state index < -0.39 is 0 Å². The van der Waals surface area contributed by atoms with Crippen LogP contribution in [0.2, 0.25) is 0 Å². The molecular formula is C17H15N3O3S. The van der Waals surface area contributed by atoms with Crippen LogP contribution in [0.1, 0.15) is 5.56 Å². The largest absolute Gasteiger partial charge is 0.507 e. The zero-order valence-electron chi connectivity index (χ0n) is 12.9. The number of hydrogen-bond acceptors (Lipinski definition) is 6. The van der Waals surface area contributed by atoms with Gasteiger partial charge in [0.25, 0.3) is 0 Å². The van der Waals surface area contributed by atoms with Crippen LogP contribution in [-0.2, 0) is 4.79 Å². The molecular weight excluding hydrogens is 326 g/mol. The van der Waals surface area contributed by atoms with Gasteiger partial charge in [-0.05, 0) is 35.4 Å². The highest BCUT2D eigenvalue weighted by Gasteiger charge is 2.15. The minimum absolute atomic E-state index is 0.0849. The van der Waals surface area contributed by atoms with Crippen molar-refractivity contribution >= 4 is 29.1 Å². The number of carbonyl (C=O) groups excluding carboxylic acids is 1. The molecule has 7 heteroatoms. The van der Waals surface area contributed by atoms with E-state index in [4.69, 9.17) is 4.74 Å². The Kier molecular flexibility index (Phi) is 4.81. The van der Waals surface area contributed by atoms with E-state index in [0.717, 1.165) is 16.9 Å². The average Bonchev–Trinajstić information content (AvgIpc) is 3.02. The molecule has 0 atom stereocenters. The lowest BCUT2D eigenvalue weighted by molar-refractivity contribution is -0.116. The topological polar surface area (TPSA) is 83.3 Å². The fraction of sp³-hybridized carbons (Fsp3) is 0.118. The summed E-state index contributed by atoms with van der Waals surface area (Å²) in [5.74, 6) is 1.16. The zero-order valence-corrected chi connectivity index (χ0v) is 13.7. The molecule has 2 aromatic carbocycles. The Morgan fingerprint density at radius 2 is 1.96 bits per heavy atom. The minimum atomic E-state index is -0.0849. The number of nitrogens with one attached hydrogen (secondary N) is 1. The van der Waals surface area contributed by atoms with E-state index in [1.165, 1.54) is 18.0 Å². The fourth-order valence-electron chi connectivity index (χ4n) is 2.14. The first-order valence-corrected chi connectivity index (χ1v) is 8.15. The van der Waals surface area contributed by atoms with Crippen LogP contribution >= 0.6 is 11.8 Å². The molecule has 1 aliphatic heterocycles. The van der Waals surface area contributed by atoms with Gasteiger partial charge in [0.05, 0.1) is 19.1 Å². The van der Waals surface area contributed by atoms with E-state index in [2.05, 4.69) is 15.5 Å². The summed E-state index contributed by atoms with van der Waals surface area (Å²) in [6.07, 6.45) is 1.46. The summed E-state index contributed by atoms with van der Waals surface area (Å²) < 4.78 is 5.15. The summed E-state index contributed by atoms with van der Waals surface area (Å²) in [5.41, 5.74) is 2.48. The predicted octanol–water partition coefficient (Wildman–Crippen LogP) is 2.62. The summed E-state index contributed by atoms with van der Waals surface area (Å²) in [6.45, 7) is 0. The summed E-state index contributed by atoms with van der Waals surface area (Å²) in [6, 6.07) is 12.9. The lowest BCUT2D eigenvalue weighted by Gasteiger charge is -2.06. The van der Waals surface area contributed by atoms with Crippen LogP contribution in [0.5, 0.6) is 11.5 Å². The van der Waals surface area contributed by atoms with Crippen molar-refractivity contribution < 1.29 is 14.6 Å². The number of amidine groups is 1. The molecule has 1 fully saturated rings. The third-order valence-corrected chi connectivity index (χ3v) is 4.25. The van der Waals surface area contributed by atoms with Crippen molar-refractivity contribution in [1.29, 1.82) is 0 Å². The van der Waals surface area contributed by atoms with Gasteiger partial charge in [0.2, 0.25) is 5.91 Å². The van der Waals surface area contributed by atoms with Gasteiger partial charge >= 0.3 is 0 Å². The number of thioether (sulfide) groups is 1. The Morgan fingerprint density at radius 1 is 1.21 bits per heavy atom. The number of benzene rings is 2. The lowest BCUT2D eigenvalue weighted by Crippen LogP contribution is -2.19. The smallest absolute Gasteiger partial charge is 0.236 e. The van der Waals surface area contributed by atoms with Crippen molar-refractivity contribution in [2.45, 2.75) is 0 Å². The highest BCUT2D eigenvalue weighted by molar-refractivity contribution is 8.15. The Bertz CT molecular complexity index is 816. The number of carbonyl (C=O) groups is 1. The van der Waals surface area contributed by atoms with Gasteiger partial charge in [-0.25, -0.2) is 0 Å². The quantitative estimate of drug-likeness (QED) is 0.661. The Labute approximate surface area is 143 Å². The van der Waals surface area contributed by atoms with Gasteiger partial charge in [-0.3, -0.25) is 4.79 Å². The van der Waals surface area contributed by atoms with E-state index in [1.54, 1.807) is 13.2 Å². The van der Waals surface area contributed by atoms with Crippen molar-refractivity contribution in [3.05, 3.63) is 48.0 Å². The number of phenolic OH excluding ortho intramolecular Hbond substituents is 1. The highest BCUT2D eigenvalue weighted by atomic mass is 32.2. The molecule has 6 nitrogen and oxygen atoms in total. The minimum Gasteiger partial charge on any atom is -0.507 e. The monoisotopic (exact) mass is 341 g/mol. The molecule has 122 valence electrons. The van der Waals surface area contributed by atoms with Gasteiger partial charge in [-0.1, -0.05) is 30.0 Å². The van der Waals surface area contributed by atoms with Crippen molar-refractivity contribution in [3.63, 3.8) is 0 Å². The van der Waals surface area contributed by atoms with Crippen LogP contribution < -0.4 is 10.1 Å². The van der Waals surface area contributed by atoms with E-state index in [-0.39, 0.29) is 11.7 Å². The number of amides is 1. The number of methoxy groups -OCH3 is 1. The Balaban J connectivity index is 1.82. The second-order valence-electron chi connectivity index (χ2n) is 4.99. The molecule has 0 spiro atoms. The number of nitrogens with zero attached hydrogens (tertiary/aromatic N) is 2. The van der Waals surface area contributed by atoms with Gasteiger partial charge in [0.1, 0.15) is 11.5 Å². The molecule has 1 heterocycles. The number of rotatable bonds is 4. The van der Waals surface area contributed by atoms with Gasteiger partial charge < -0.3 is 15.2 Å². The summed E-state index contributed by atoms with van der Waals surface area (Å²) >= 11 is 1.29. The third kappa shape index (κ3) is 3.75. The second-order valence-corrected chi connectivity index (χ2v) is 5.95. The first-order valence-electron chi connectivity index (χ1n) is 7.17. The number of phenols is 1. The average molecular weight is 341 g/mol. The van der Waals surface area contributed by atoms with Crippen molar-refractivity contribution in [3.8, 4) is 22.6 Å². The molecule has 0 saturated carbocycles. The molecule has 0 bridgehead atoms. The van der Waals surface area contributed by atoms with Crippen LogP contribution in [-0.4, -0.2) is 35.3 Å². The molecule has 1 aliphatic rings. The highest BCUT2D eigenvalue weighted by Crippen LogP contribution is 2.26. The lowest BCUT2D eigenvalue weighted by atomic mass is 10.0. The first-order chi connectivity index (χ1) is 11.7.